The summed E-state index contributed by atoms with van der Waals surface area (Å²) < 4.78 is 29.9. The quantitative estimate of drug-likeness (QED) is 0.161. The molecule has 1 amide bonds. The molecule has 3 fully saturated rings. The van der Waals surface area contributed by atoms with Crippen molar-refractivity contribution in [1.29, 1.82) is 0 Å². The van der Waals surface area contributed by atoms with Gasteiger partial charge in [0.1, 0.15) is 23.9 Å². The minimum atomic E-state index is -2.35. The molecule has 0 aromatic heterocycles. The van der Waals surface area contributed by atoms with Gasteiger partial charge in [-0.15, -0.1) is 0 Å². The minimum absolute atomic E-state index is 0.0117. The molecule has 1 saturated heterocycles. The van der Waals surface area contributed by atoms with Gasteiger partial charge in [0.2, 0.25) is 5.91 Å². The van der Waals surface area contributed by atoms with Gasteiger partial charge in [-0.25, -0.2) is 9.59 Å². The molecule has 2 bridgehead atoms. The third kappa shape index (κ3) is 7.00. The van der Waals surface area contributed by atoms with Gasteiger partial charge < -0.3 is 44.3 Å². The van der Waals surface area contributed by atoms with Gasteiger partial charge in [-0.05, 0) is 51.0 Å². The van der Waals surface area contributed by atoms with E-state index in [4.69, 9.17) is 23.7 Å². The Bertz CT molecular complexity index is 1820. The molecule has 0 radical (unpaired) electrons. The second kappa shape index (κ2) is 14.9. The van der Waals surface area contributed by atoms with Gasteiger partial charge in [-0.3, -0.25) is 19.2 Å². The highest BCUT2D eigenvalue weighted by Crippen LogP contribution is 2.64. The van der Waals surface area contributed by atoms with Crippen LogP contribution in [0, 0.1) is 16.7 Å². The fraction of sp³-hybridized carbons (Fsp3) is 0.600. The monoisotopic (exact) mass is 769 g/mol. The van der Waals surface area contributed by atoms with Gasteiger partial charge in [0.25, 0.3) is 0 Å². The summed E-state index contributed by atoms with van der Waals surface area (Å²) in [4.78, 5) is 80.9. The summed E-state index contributed by atoms with van der Waals surface area (Å²) in [5.41, 5.74) is -6.81. The van der Waals surface area contributed by atoms with Crippen molar-refractivity contribution in [3.05, 3.63) is 58.7 Å². The van der Waals surface area contributed by atoms with Gasteiger partial charge in [-0.2, -0.15) is 0 Å². The van der Waals surface area contributed by atoms with Crippen LogP contribution in [0.15, 0.2) is 53.1 Å². The van der Waals surface area contributed by atoms with Crippen molar-refractivity contribution < 1.29 is 67.8 Å². The molecule has 15 nitrogen and oxygen atoms in total. The molecule has 1 aromatic rings. The summed E-state index contributed by atoms with van der Waals surface area (Å²) in [7, 11) is 0. The number of allylic oxidation sites excluding steroid dienone is 1. The number of amides is 1. The van der Waals surface area contributed by atoms with Crippen LogP contribution >= 0.6 is 0 Å². The highest BCUT2D eigenvalue weighted by atomic mass is 16.6. The van der Waals surface area contributed by atoms with Gasteiger partial charge in [-0.1, -0.05) is 43.7 Å². The number of hydrogen-bond donors (Lipinski definition) is 4. The summed E-state index contributed by atoms with van der Waals surface area (Å²) in [5, 5.41) is 39.1. The van der Waals surface area contributed by atoms with E-state index in [0.717, 1.165) is 13.8 Å². The fourth-order valence-electron chi connectivity index (χ4n) is 9.18. The molecule has 2 saturated carbocycles. The minimum Gasteiger partial charge on any atom is -0.456 e. The summed E-state index contributed by atoms with van der Waals surface area (Å²) in [6.45, 7) is 12.6. The lowest BCUT2D eigenvalue weighted by molar-refractivity contribution is -0.346. The second-order valence-electron chi connectivity index (χ2n) is 16.1. The Labute approximate surface area is 319 Å². The zero-order valence-corrected chi connectivity index (χ0v) is 32.5. The van der Waals surface area contributed by atoms with E-state index in [1.54, 1.807) is 45.9 Å². The van der Waals surface area contributed by atoms with Crippen LogP contribution in [0.25, 0.3) is 0 Å². The molecule has 11 atom stereocenters. The third-order valence-electron chi connectivity index (χ3n) is 11.9. The maximum absolute atomic E-state index is 15.3. The van der Waals surface area contributed by atoms with Crippen LogP contribution < -0.4 is 5.32 Å². The number of carbonyl (C=O) groups is 6. The largest absolute Gasteiger partial charge is 0.456 e. The first-order valence-electron chi connectivity index (χ1n) is 18.2. The number of aliphatic hydroxyl groups excluding tert-OH is 2. The maximum atomic E-state index is 15.3. The van der Waals surface area contributed by atoms with E-state index in [0.29, 0.717) is 5.57 Å². The number of benzene rings is 1. The van der Waals surface area contributed by atoms with E-state index in [-0.39, 0.29) is 29.7 Å². The number of nitrogens with one attached hydrogen (secondary N) is 1. The number of Topliss-reactive ketones (excluding diaryl/α,β-unsaturated/α-hetero) is 1. The standard InChI is InChI=1S/C40H51NO14/c1-19(2)15-25(41-21(4)42)30(46)36(49)53-26-17-40(50)34(54-35(48)24-13-11-10-12-14-24)32-38(9,27(45)16-28-39(32,18-51-28)55-23(6)44)33(47)31(52-22(5)43)29(20(26)3)37(40,7)8/h10-15,25-28,30-32,34,45-46,50H,16-18H2,1-9H3,(H,41,42)/t25-,26-,27-,28+,30+,31+,32-,34-,38+,39-,40+/m0/s1. The third-order valence-corrected chi connectivity index (χ3v) is 11.9. The summed E-state index contributed by atoms with van der Waals surface area (Å²) in [5.74, 6) is -6.69. The molecule has 1 aromatic carbocycles. The summed E-state index contributed by atoms with van der Waals surface area (Å²) in [6, 6.07) is 6.64. The molecule has 0 spiro atoms. The Hall–Kier alpha value is -4.44. The van der Waals surface area contributed by atoms with Crippen molar-refractivity contribution in [2.45, 2.75) is 129 Å². The highest BCUT2D eigenvalue weighted by molar-refractivity contribution is 5.95. The molecular formula is C40H51NO14. The number of ether oxygens (including phenoxy) is 5. The lowest BCUT2D eigenvalue weighted by atomic mass is 9.44. The average Bonchev–Trinajstić information content (AvgIpc) is 3.08. The van der Waals surface area contributed by atoms with Crippen molar-refractivity contribution in [2.24, 2.45) is 16.7 Å². The van der Waals surface area contributed by atoms with E-state index in [1.165, 1.54) is 39.0 Å². The predicted molar refractivity (Wildman–Crippen MR) is 192 cm³/mol. The molecular weight excluding hydrogens is 718 g/mol. The van der Waals surface area contributed by atoms with Crippen LogP contribution in [0.4, 0.5) is 0 Å². The lowest BCUT2D eigenvalue weighted by Crippen LogP contribution is -2.82. The number of esters is 4. The molecule has 300 valence electrons. The van der Waals surface area contributed by atoms with Gasteiger partial charge >= 0.3 is 23.9 Å². The van der Waals surface area contributed by atoms with Crippen LogP contribution in [-0.4, -0.2) is 111 Å². The van der Waals surface area contributed by atoms with Crippen molar-refractivity contribution >= 4 is 35.6 Å². The van der Waals surface area contributed by atoms with Crippen LogP contribution in [0.3, 0.4) is 0 Å². The predicted octanol–water partition coefficient (Wildman–Crippen LogP) is 2.04. The Morgan fingerprint density at radius 2 is 1.60 bits per heavy atom. The Balaban J connectivity index is 1.78. The Morgan fingerprint density at radius 1 is 0.964 bits per heavy atom. The molecule has 0 unspecified atom stereocenters. The zero-order chi connectivity index (χ0) is 41.0. The van der Waals surface area contributed by atoms with E-state index < -0.39 is 113 Å². The molecule has 1 aliphatic heterocycles. The molecule has 4 aliphatic rings. The second-order valence-corrected chi connectivity index (χ2v) is 16.1. The molecule has 5 rings (SSSR count). The van der Waals surface area contributed by atoms with E-state index in [1.807, 2.05) is 0 Å². The molecule has 15 heteroatoms. The molecule has 1 heterocycles. The number of ketones is 1. The number of rotatable bonds is 9. The average molecular weight is 770 g/mol. The first-order valence-corrected chi connectivity index (χ1v) is 18.2. The van der Waals surface area contributed by atoms with Crippen molar-refractivity contribution in [2.75, 3.05) is 6.61 Å². The van der Waals surface area contributed by atoms with Crippen molar-refractivity contribution in [3.8, 4) is 0 Å². The molecule has 55 heavy (non-hydrogen) atoms. The normalized spacial score (nSPS) is 34.4. The van der Waals surface area contributed by atoms with Gasteiger partial charge in [0.15, 0.2) is 23.6 Å². The number of hydrogen-bond acceptors (Lipinski definition) is 14. The van der Waals surface area contributed by atoms with Crippen LogP contribution in [0.1, 0.15) is 85.5 Å². The van der Waals surface area contributed by atoms with Crippen LogP contribution in [0.2, 0.25) is 0 Å². The van der Waals surface area contributed by atoms with Crippen molar-refractivity contribution in [3.63, 3.8) is 0 Å². The number of aliphatic hydroxyl groups is 3. The maximum Gasteiger partial charge on any atom is 0.338 e. The highest BCUT2D eigenvalue weighted by Gasteiger charge is 2.78. The first-order chi connectivity index (χ1) is 25.5. The SMILES string of the molecule is CC(=O)N[C@@H](C=C(C)C)[C@@H](O)C(=O)O[C@H]1C[C@@]2(O)[C@@H](OC(=O)c3ccccc3)[C@@H]3[C@]4(OC(C)=O)CO[C@@H]4C[C@H](O)[C@@]3(C)C(=O)[C@H](OC(C)=O)C(=C1C)C2(C)C. The molecule has 4 N–H and O–H groups in total. The fourth-order valence-corrected chi connectivity index (χ4v) is 9.18. The smallest absolute Gasteiger partial charge is 0.338 e. The van der Waals surface area contributed by atoms with Crippen LogP contribution in [-0.2, 0) is 47.7 Å². The van der Waals surface area contributed by atoms with E-state index >= 15 is 4.79 Å². The Kier molecular flexibility index (Phi) is 11.3. The number of carbonyl (C=O) groups excluding carboxylic acids is 6. The van der Waals surface area contributed by atoms with E-state index in [9.17, 15) is 39.3 Å². The number of fused-ring (bicyclic) bond motifs is 5. The summed E-state index contributed by atoms with van der Waals surface area (Å²) >= 11 is 0. The van der Waals surface area contributed by atoms with Gasteiger partial charge in [0.05, 0.1) is 35.6 Å². The first kappa shape index (κ1) is 41.7. The summed E-state index contributed by atoms with van der Waals surface area (Å²) in [6.07, 6.45) is -8.76. The zero-order valence-electron chi connectivity index (χ0n) is 32.5. The van der Waals surface area contributed by atoms with Crippen LogP contribution in [0.5, 0.6) is 0 Å². The van der Waals surface area contributed by atoms with Crippen molar-refractivity contribution in [1.82, 2.24) is 5.32 Å². The van der Waals surface area contributed by atoms with E-state index in [2.05, 4.69) is 5.32 Å². The Morgan fingerprint density at radius 3 is 2.13 bits per heavy atom. The molecule has 3 aliphatic carbocycles. The topological polar surface area (TPSA) is 221 Å². The lowest BCUT2D eigenvalue weighted by Gasteiger charge is -2.67. The van der Waals surface area contributed by atoms with Gasteiger partial charge in [0, 0.05) is 39.0 Å².